The predicted octanol–water partition coefficient (Wildman–Crippen LogP) is 1.80. The summed E-state index contributed by atoms with van der Waals surface area (Å²) >= 11 is 0. The molecule has 0 saturated carbocycles. The minimum atomic E-state index is -1.39. The van der Waals surface area contributed by atoms with Crippen molar-refractivity contribution < 1.29 is 22.8 Å². The van der Waals surface area contributed by atoms with Crippen molar-refractivity contribution in [2.24, 2.45) is 5.92 Å². The Bertz CT molecular complexity index is 533. The summed E-state index contributed by atoms with van der Waals surface area (Å²) in [6, 6.07) is 0.192. The monoisotopic (exact) mass is 258 g/mol. The highest BCUT2D eigenvalue weighted by molar-refractivity contribution is 6.06. The molecule has 1 atom stereocenters. The highest BCUT2D eigenvalue weighted by Crippen LogP contribution is 2.25. The van der Waals surface area contributed by atoms with Crippen molar-refractivity contribution in [1.29, 1.82) is 0 Å². The van der Waals surface area contributed by atoms with Crippen LogP contribution in [0.15, 0.2) is 12.1 Å². The van der Waals surface area contributed by atoms with E-state index in [-0.39, 0.29) is 6.54 Å². The molecule has 1 N–H and O–H groups in total. The molecule has 0 aliphatic carbocycles. The van der Waals surface area contributed by atoms with Crippen LogP contribution in [0.4, 0.5) is 23.7 Å². The minimum Gasteiger partial charge on any atom is -0.290 e. The highest BCUT2D eigenvalue weighted by atomic mass is 19.2. The molecule has 0 spiro atoms. The summed E-state index contributed by atoms with van der Waals surface area (Å²) in [7, 11) is 0. The summed E-state index contributed by atoms with van der Waals surface area (Å²) in [5, 5.41) is 1.98. The number of imide groups is 1. The van der Waals surface area contributed by atoms with E-state index in [9.17, 15) is 22.8 Å². The second-order valence-corrected chi connectivity index (χ2v) is 4.03. The Morgan fingerprint density at radius 2 is 1.94 bits per heavy atom. The quantitative estimate of drug-likeness (QED) is 0.781. The number of anilines is 1. The third kappa shape index (κ3) is 2.03. The lowest BCUT2D eigenvalue weighted by Crippen LogP contribution is -2.54. The molecule has 4 nitrogen and oxygen atoms in total. The Balaban J connectivity index is 2.42. The van der Waals surface area contributed by atoms with Gasteiger partial charge in [0.15, 0.2) is 11.6 Å². The van der Waals surface area contributed by atoms with Crippen LogP contribution in [-0.4, -0.2) is 18.5 Å². The minimum absolute atomic E-state index is 0.134. The average Bonchev–Trinajstić information content (AvgIpc) is 2.29. The molecular formula is C11H9F3N2O2. The van der Waals surface area contributed by atoms with Crippen molar-refractivity contribution in [1.82, 2.24) is 5.32 Å². The van der Waals surface area contributed by atoms with Gasteiger partial charge in [-0.2, -0.15) is 0 Å². The molecule has 18 heavy (non-hydrogen) atoms. The van der Waals surface area contributed by atoms with Gasteiger partial charge < -0.3 is 0 Å². The van der Waals surface area contributed by atoms with Crippen molar-refractivity contribution in [3.05, 3.63) is 29.6 Å². The number of urea groups is 1. The SMILES string of the molecule is CC1CN(c2cc(F)cc(F)c2F)C(=O)NC1=O. The Morgan fingerprint density at radius 1 is 1.28 bits per heavy atom. The van der Waals surface area contributed by atoms with Gasteiger partial charge in [0.1, 0.15) is 5.82 Å². The van der Waals surface area contributed by atoms with Crippen molar-refractivity contribution >= 4 is 17.6 Å². The van der Waals surface area contributed by atoms with Gasteiger partial charge in [-0.05, 0) is 0 Å². The number of nitrogens with zero attached hydrogens (tertiary/aromatic N) is 1. The Hall–Kier alpha value is -2.05. The van der Waals surface area contributed by atoms with Gasteiger partial charge in [-0.15, -0.1) is 0 Å². The first-order chi connectivity index (χ1) is 8.40. The molecule has 0 bridgehead atoms. The first-order valence-electron chi connectivity index (χ1n) is 5.17. The Kier molecular flexibility index (Phi) is 2.98. The normalized spacial score (nSPS) is 20.0. The fourth-order valence-corrected chi connectivity index (χ4v) is 1.68. The fraction of sp³-hybridized carbons (Fsp3) is 0.273. The number of amides is 3. The van der Waals surface area contributed by atoms with Crippen molar-refractivity contribution in [3.63, 3.8) is 0 Å². The smallest absolute Gasteiger partial charge is 0.290 e. The maximum atomic E-state index is 13.5. The van der Waals surface area contributed by atoms with Gasteiger partial charge >= 0.3 is 6.03 Å². The van der Waals surface area contributed by atoms with E-state index < -0.39 is 41.0 Å². The maximum absolute atomic E-state index is 13.5. The van der Waals surface area contributed by atoms with Gasteiger partial charge in [0.25, 0.3) is 0 Å². The molecule has 1 unspecified atom stereocenters. The van der Waals surface area contributed by atoms with Gasteiger partial charge in [0.05, 0.1) is 11.6 Å². The van der Waals surface area contributed by atoms with E-state index >= 15 is 0 Å². The van der Waals surface area contributed by atoms with Gasteiger partial charge in [-0.3, -0.25) is 15.0 Å². The number of carbonyl (C=O) groups is 2. The zero-order chi connectivity index (χ0) is 13.4. The number of nitrogens with one attached hydrogen (secondary N) is 1. The molecule has 2 rings (SSSR count). The number of hydrogen-bond acceptors (Lipinski definition) is 2. The van der Waals surface area contributed by atoms with E-state index in [0.29, 0.717) is 12.1 Å². The summed E-state index contributed by atoms with van der Waals surface area (Å²) < 4.78 is 39.6. The fourth-order valence-electron chi connectivity index (χ4n) is 1.68. The molecule has 7 heteroatoms. The van der Waals surface area contributed by atoms with Crippen molar-refractivity contribution in [2.75, 3.05) is 11.4 Å². The molecule has 3 amide bonds. The van der Waals surface area contributed by atoms with E-state index in [4.69, 9.17) is 0 Å². The maximum Gasteiger partial charge on any atom is 0.328 e. The van der Waals surface area contributed by atoms with Gasteiger partial charge in [-0.1, -0.05) is 6.92 Å². The topological polar surface area (TPSA) is 49.4 Å². The van der Waals surface area contributed by atoms with E-state index in [2.05, 4.69) is 0 Å². The number of rotatable bonds is 1. The van der Waals surface area contributed by atoms with Crippen LogP contribution < -0.4 is 10.2 Å². The van der Waals surface area contributed by atoms with Crippen LogP contribution in [0.3, 0.4) is 0 Å². The second-order valence-electron chi connectivity index (χ2n) is 4.03. The molecule has 1 aromatic rings. The third-order valence-corrected chi connectivity index (χ3v) is 2.64. The lowest BCUT2D eigenvalue weighted by Gasteiger charge is -2.30. The second kappa shape index (κ2) is 4.32. The summed E-state index contributed by atoms with van der Waals surface area (Å²) in [5.74, 6) is -4.81. The van der Waals surface area contributed by atoms with Crippen LogP contribution in [-0.2, 0) is 4.79 Å². The highest BCUT2D eigenvalue weighted by Gasteiger charge is 2.32. The van der Waals surface area contributed by atoms with E-state index in [1.54, 1.807) is 0 Å². The summed E-state index contributed by atoms with van der Waals surface area (Å²) in [5.41, 5.74) is -0.524. The lowest BCUT2D eigenvalue weighted by molar-refractivity contribution is -0.123. The van der Waals surface area contributed by atoms with E-state index in [1.807, 2.05) is 5.32 Å². The standard InChI is InChI=1S/C11H9F3N2O2/c1-5-4-16(11(18)15-10(5)17)8-3-6(12)2-7(13)9(8)14/h2-3,5H,4H2,1H3,(H,15,17,18). The zero-order valence-corrected chi connectivity index (χ0v) is 9.34. The van der Waals surface area contributed by atoms with Crippen LogP contribution in [0.5, 0.6) is 0 Å². The summed E-state index contributed by atoms with van der Waals surface area (Å²) in [6.07, 6.45) is 0. The first kappa shape index (κ1) is 12.4. The van der Waals surface area contributed by atoms with Crippen LogP contribution in [0.25, 0.3) is 0 Å². The molecule has 0 radical (unpaired) electrons. The van der Waals surface area contributed by atoms with Crippen LogP contribution >= 0.6 is 0 Å². The number of benzene rings is 1. The predicted molar refractivity (Wildman–Crippen MR) is 56.4 cm³/mol. The number of halogens is 3. The number of carbonyl (C=O) groups excluding carboxylic acids is 2. The molecule has 1 heterocycles. The molecular weight excluding hydrogens is 249 g/mol. The Labute approximate surface area is 100 Å². The van der Waals surface area contributed by atoms with Gasteiger partial charge in [0, 0.05) is 18.7 Å². The average molecular weight is 258 g/mol. The third-order valence-electron chi connectivity index (χ3n) is 2.64. The van der Waals surface area contributed by atoms with Crippen molar-refractivity contribution in [2.45, 2.75) is 6.92 Å². The summed E-state index contributed by atoms with van der Waals surface area (Å²) in [4.78, 5) is 23.5. The lowest BCUT2D eigenvalue weighted by atomic mass is 10.1. The van der Waals surface area contributed by atoms with E-state index in [1.165, 1.54) is 6.92 Å². The number of hydrogen-bond donors (Lipinski definition) is 1. The Morgan fingerprint density at radius 3 is 2.61 bits per heavy atom. The van der Waals surface area contributed by atoms with Crippen LogP contribution in [0, 0.1) is 23.4 Å². The zero-order valence-electron chi connectivity index (χ0n) is 9.34. The van der Waals surface area contributed by atoms with Gasteiger partial charge in [-0.25, -0.2) is 18.0 Å². The van der Waals surface area contributed by atoms with Gasteiger partial charge in [0.2, 0.25) is 5.91 Å². The van der Waals surface area contributed by atoms with Crippen molar-refractivity contribution in [3.8, 4) is 0 Å². The molecule has 1 fully saturated rings. The molecule has 1 aliphatic heterocycles. The molecule has 0 aromatic heterocycles. The molecule has 1 aromatic carbocycles. The molecule has 1 saturated heterocycles. The summed E-state index contributed by atoms with van der Waals surface area (Å²) in [6.45, 7) is 1.38. The van der Waals surface area contributed by atoms with Crippen LogP contribution in [0.2, 0.25) is 0 Å². The molecule has 96 valence electrons. The largest absolute Gasteiger partial charge is 0.328 e. The van der Waals surface area contributed by atoms with E-state index in [0.717, 1.165) is 4.90 Å². The first-order valence-corrected chi connectivity index (χ1v) is 5.17. The molecule has 1 aliphatic rings. The van der Waals surface area contributed by atoms with Crippen LogP contribution in [0.1, 0.15) is 6.92 Å².